The van der Waals surface area contributed by atoms with Gasteiger partial charge in [-0.25, -0.2) is 0 Å². The van der Waals surface area contributed by atoms with Crippen molar-refractivity contribution in [1.29, 1.82) is 0 Å². The highest BCUT2D eigenvalue weighted by molar-refractivity contribution is 5.95. The van der Waals surface area contributed by atoms with E-state index in [-0.39, 0.29) is 18.1 Å². The zero-order chi connectivity index (χ0) is 15.5. The number of carbonyl (C=O) groups is 1. The smallest absolute Gasteiger partial charge is 0.256 e. The van der Waals surface area contributed by atoms with E-state index in [4.69, 9.17) is 4.74 Å². The summed E-state index contributed by atoms with van der Waals surface area (Å²) < 4.78 is 5.51. The van der Waals surface area contributed by atoms with Crippen LogP contribution in [0.25, 0.3) is 0 Å². The van der Waals surface area contributed by atoms with Crippen LogP contribution in [-0.4, -0.2) is 71.3 Å². The molecule has 2 aliphatic heterocycles. The predicted octanol–water partition coefficient (Wildman–Crippen LogP) is 1.11. The average Bonchev–Trinajstić information content (AvgIpc) is 3.17. The Hall–Kier alpha value is -1.53. The molecule has 1 aromatic heterocycles. The number of aryl methyl sites for hydroxylation is 1. The second kappa shape index (κ2) is 6.71. The van der Waals surface area contributed by atoms with E-state index in [1.54, 1.807) is 19.4 Å². The van der Waals surface area contributed by atoms with Crippen molar-refractivity contribution in [3.8, 4) is 0 Å². The van der Waals surface area contributed by atoms with E-state index in [2.05, 4.69) is 15.1 Å². The summed E-state index contributed by atoms with van der Waals surface area (Å²) in [6.07, 6.45) is 5.16. The largest absolute Gasteiger partial charge is 0.380 e. The van der Waals surface area contributed by atoms with E-state index in [0.717, 1.165) is 26.1 Å². The summed E-state index contributed by atoms with van der Waals surface area (Å²) in [4.78, 5) is 17.3. The van der Waals surface area contributed by atoms with Gasteiger partial charge in [-0.05, 0) is 45.3 Å². The van der Waals surface area contributed by atoms with E-state index in [1.165, 1.54) is 12.8 Å². The van der Waals surface area contributed by atoms with Gasteiger partial charge in [0.1, 0.15) is 0 Å². The number of ether oxygens (including phenoxy) is 1. The standard InChI is InChI=1S/C16H24N4O2/c1-12-15(5-6-17-18-12)16(21)20-11-14(22-2)9-13(20)10-19-7-3-4-8-19/h5-6,13-14H,3-4,7-11H2,1-2H3/t13-,14-/m0/s1. The van der Waals surface area contributed by atoms with Crippen LogP contribution in [0.2, 0.25) is 0 Å². The highest BCUT2D eigenvalue weighted by Crippen LogP contribution is 2.24. The second-order valence-electron chi connectivity index (χ2n) is 6.24. The molecule has 2 aliphatic rings. The van der Waals surface area contributed by atoms with Crippen molar-refractivity contribution in [1.82, 2.24) is 20.0 Å². The molecule has 120 valence electrons. The zero-order valence-electron chi connectivity index (χ0n) is 13.4. The van der Waals surface area contributed by atoms with Gasteiger partial charge in [-0.1, -0.05) is 0 Å². The van der Waals surface area contributed by atoms with E-state index >= 15 is 0 Å². The molecule has 0 saturated carbocycles. The van der Waals surface area contributed by atoms with Crippen molar-refractivity contribution in [2.45, 2.75) is 38.3 Å². The van der Waals surface area contributed by atoms with Crippen molar-refractivity contribution >= 4 is 5.91 Å². The molecule has 0 aromatic carbocycles. The van der Waals surface area contributed by atoms with Gasteiger partial charge in [0.15, 0.2) is 0 Å². The molecule has 0 unspecified atom stereocenters. The Labute approximate surface area is 131 Å². The number of methoxy groups -OCH3 is 1. The molecule has 0 N–H and O–H groups in total. The van der Waals surface area contributed by atoms with Gasteiger partial charge in [0.2, 0.25) is 0 Å². The monoisotopic (exact) mass is 304 g/mol. The minimum Gasteiger partial charge on any atom is -0.380 e. The van der Waals surface area contributed by atoms with Crippen molar-refractivity contribution in [2.24, 2.45) is 0 Å². The minimum absolute atomic E-state index is 0.0520. The molecule has 3 heterocycles. The van der Waals surface area contributed by atoms with Crippen molar-refractivity contribution in [3.05, 3.63) is 23.5 Å². The van der Waals surface area contributed by atoms with E-state index in [0.29, 0.717) is 17.8 Å². The molecule has 2 fully saturated rings. The van der Waals surface area contributed by atoms with E-state index in [1.807, 2.05) is 11.8 Å². The van der Waals surface area contributed by atoms with E-state index in [9.17, 15) is 4.79 Å². The van der Waals surface area contributed by atoms with E-state index < -0.39 is 0 Å². The maximum atomic E-state index is 12.9. The first-order valence-electron chi connectivity index (χ1n) is 8.03. The molecule has 6 heteroatoms. The summed E-state index contributed by atoms with van der Waals surface area (Å²) in [5.74, 6) is 0.0520. The van der Waals surface area contributed by atoms with Crippen molar-refractivity contribution in [3.63, 3.8) is 0 Å². The number of hydrogen-bond acceptors (Lipinski definition) is 5. The molecule has 2 atom stereocenters. The lowest BCUT2D eigenvalue weighted by molar-refractivity contribution is 0.0668. The molecule has 22 heavy (non-hydrogen) atoms. The van der Waals surface area contributed by atoms with Crippen LogP contribution in [0, 0.1) is 6.92 Å². The molecule has 1 amide bonds. The van der Waals surface area contributed by atoms with Crippen LogP contribution in [0.5, 0.6) is 0 Å². The van der Waals surface area contributed by atoms with Gasteiger partial charge in [-0.3, -0.25) is 4.79 Å². The van der Waals surface area contributed by atoms with Gasteiger partial charge in [0.25, 0.3) is 5.91 Å². The fraction of sp³-hybridized carbons (Fsp3) is 0.688. The number of rotatable bonds is 4. The molecule has 1 aromatic rings. The number of hydrogen-bond donors (Lipinski definition) is 0. The quantitative estimate of drug-likeness (QED) is 0.834. The molecular formula is C16H24N4O2. The first-order valence-corrected chi connectivity index (χ1v) is 8.03. The Morgan fingerprint density at radius 3 is 2.86 bits per heavy atom. The fourth-order valence-corrected chi connectivity index (χ4v) is 3.51. The van der Waals surface area contributed by atoms with Gasteiger partial charge >= 0.3 is 0 Å². The summed E-state index contributed by atoms with van der Waals surface area (Å²) in [5.41, 5.74) is 1.34. The molecule has 3 rings (SSSR count). The van der Waals surface area contributed by atoms with Crippen molar-refractivity contribution in [2.75, 3.05) is 33.3 Å². The van der Waals surface area contributed by atoms with Crippen LogP contribution in [0.3, 0.4) is 0 Å². The summed E-state index contributed by atoms with van der Waals surface area (Å²) in [7, 11) is 1.73. The normalized spacial score (nSPS) is 25.8. The lowest BCUT2D eigenvalue weighted by atomic mass is 10.1. The third-order valence-corrected chi connectivity index (χ3v) is 4.77. The number of nitrogens with zero attached hydrogens (tertiary/aromatic N) is 4. The lowest BCUT2D eigenvalue weighted by Crippen LogP contribution is -2.43. The van der Waals surface area contributed by atoms with Gasteiger partial charge in [0.05, 0.1) is 23.6 Å². The fourth-order valence-electron chi connectivity index (χ4n) is 3.51. The minimum atomic E-state index is 0.0520. The van der Waals surface area contributed by atoms with Crippen LogP contribution >= 0.6 is 0 Å². The SMILES string of the molecule is CO[C@H]1C[C@@H](CN2CCCC2)N(C(=O)c2ccnnc2C)C1. The Balaban J connectivity index is 1.76. The van der Waals surface area contributed by atoms with Crippen LogP contribution < -0.4 is 0 Å². The molecule has 6 nitrogen and oxygen atoms in total. The Bertz CT molecular complexity index is 531. The zero-order valence-corrected chi connectivity index (χ0v) is 13.4. The maximum absolute atomic E-state index is 12.9. The van der Waals surface area contributed by atoms with Crippen molar-refractivity contribution < 1.29 is 9.53 Å². The molecular weight excluding hydrogens is 280 g/mol. The van der Waals surface area contributed by atoms with Gasteiger partial charge in [-0.15, -0.1) is 0 Å². The molecule has 2 saturated heterocycles. The number of aromatic nitrogens is 2. The van der Waals surface area contributed by atoms with Crippen LogP contribution in [0.1, 0.15) is 35.3 Å². The summed E-state index contributed by atoms with van der Waals surface area (Å²) >= 11 is 0. The maximum Gasteiger partial charge on any atom is 0.256 e. The number of carbonyl (C=O) groups excluding carboxylic acids is 1. The van der Waals surface area contributed by atoms with Gasteiger partial charge in [-0.2, -0.15) is 10.2 Å². The van der Waals surface area contributed by atoms with Crippen LogP contribution in [0.15, 0.2) is 12.3 Å². The first kappa shape index (κ1) is 15.4. The summed E-state index contributed by atoms with van der Waals surface area (Å²) in [5, 5.41) is 7.83. The number of likely N-dealkylation sites (tertiary alicyclic amines) is 2. The highest BCUT2D eigenvalue weighted by atomic mass is 16.5. The third kappa shape index (κ3) is 3.13. The average molecular weight is 304 g/mol. The third-order valence-electron chi connectivity index (χ3n) is 4.77. The van der Waals surface area contributed by atoms with Crippen LogP contribution in [-0.2, 0) is 4.74 Å². The van der Waals surface area contributed by atoms with Gasteiger partial charge < -0.3 is 14.5 Å². The highest BCUT2D eigenvalue weighted by Gasteiger charge is 2.37. The topological polar surface area (TPSA) is 58.6 Å². The summed E-state index contributed by atoms with van der Waals surface area (Å²) in [6.45, 7) is 5.73. The Kier molecular flexibility index (Phi) is 4.69. The lowest BCUT2D eigenvalue weighted by Gasteiger charge is -2.28. The molecule has 0 radical (unpaired) electrons. The second-order valence-corrected chi connectivity index (χ2v) is 6.24. The number of amides is 1. The molecule has 0 aliphatic carbocycles. The molecule has 0 spiro atoms. The first-order chi connectivity index (χ1) is 10.7. The van der Waals surface area contributed by atoms with Gasteiger partial charge in [0, 0.05) is 26.2 Å². The summed E-state index contributed by atoms with van der Waals surface area (Å²) in [6, 6.07) is 1.99. The Morgan fingerprint density at radius 2 is 2.18 bits per heavy atom. The predicted molar refractivity (Wildman–Crippen MR) is 82.7 cm³/mol. The van der Waals surface area contributed by atoms with Crippen LogP contribution in [0.4, 0.5) is 0 Å². The molecule has 0 bridgehead atoms. The Morgan fingerprint density at radius 1 is 1.41 bits per heavy atom.